The highest BCUT2D eigenvalue weighted by molar-refractivity contribution is 6.07. The Morgan fingerprint density at radius 2 is 1.57 bits per heavy atom. The molecule has 0 fully saturated rings. The van der Waals surface area contributed by atoms with E-state index in [9.17, 15) is 9.59 Å². The van der Waals surface area contributed by atoms with Gasteiger partial charge in [-0.3, -0.25) is 9.59 Å². The molecule has 0 bridgehead atoms. The molecule has 118 valence electrons. The molecule has 2 aromatic rings. The highest BCUT2D eigenvalue weighted by atomic mass is 16.1. The predicted molar refractivity (Wildman–Crippen MR) is 94.6 cm³/mol. The molecular formula is C20H21NO2. The third kappa shape index (κ3) is 4.92. The Labute approximate surface area is 137 Å². The highest BCUT2D eigenvalue weighted by Gasteiger charge is 2.03. The van der Waals surface area contributed by atoms with Crippen LogP contribution in [0.3, 0.4) is 0 Å². The van der Waals surface area contributed by atoms with Crippen LogP contribution in [0.25, 0.3) is 6.08 Å². The van der Waals surface area contributed by atoms with Crippen LogP contribution in [-0.4, -0.2) is 11.7 Å². The van der Waals surface area contributed by atoms with Crippen molar-refractivity contribution in [1.29, 1.82) is 0 Å². The third-order valence-corrected chi connectivity index (χ3v) is 3.52. The lowest BCUT2D eigenvalue weighted by Crippen LogP contribution is -2.05. The van der Waals surface area contributed by atoms with Crippen molar-refractivity contribution in [3.8, 4) is 0 Å². The summed E-state index contributed by atoms with van der Waals surface area (Å²) in [6, 6.07) is 15.0. The van der Waals surface area contributed by atoms with Gasteiger partial charge in [-0.25, -0.2) is 0 Å². The molecule has 0 aliphatic heterocycles. The Balaban J connectivity index is 2.04. The van der Waals surface area contributed by atoms with Gasteiger partial charge in [0.2, 0.25) is 5.91 Å². The van der Waals surface area contributed by atoms with Crippen molar-refractivity contribution in [2.24, 2.45) is 0 Å². The summed E-state index contributed by atoms with van der Waals surface area (Å²) in [7, 11) is 0. The van der Waals surface area contributed by atoms with Crippen molar-refractivity contribution < 1.29 is 9.59 Å². The van der Waals surface area contributed by atoms with E-state index >= 15 is 0 Å². The first-order chi connectivity index (χ1) is 11.0. The van der Waals surface area contributed by atoms with E-state index in [1.54, 1.807) is 30.3 Å². The van der Waals surface area contributed by atoms with Gasteiger partial charge >= 0.3 is 0 Å². The molecule has 1 amide bonds. The molecule has 3 nitrogen and oxygen atoms in total. The minimum Gasteiger partial charge on any atom is -0.326 e. The van der Waals surface area contributed by atoms with Crippen molar-refractivity contribution in [3.05, 3.63) is 71.3 Å². The van der Waals surface area contributed by atoms with Crippen LogP contribution in [0.4, 0.5) is 5.69 Å². The first-order valence-corrected chi connectivity index (χ1v) is 7.66. The number of carbonyl (C=O) groups is 2. The minimum absolute atomic E-state index is 0.0627. The van der Waals surface area contributed by atoms with Gasteiger partial charge in [-0.05, 0) is 47.4 Å². The second-order valence-electron chi connectivity index (χ2n) is 5.78. The van der Waals surface area contributed by atoms with Gasteiger partial charge in [-0.1, -0.05) is 44.2 Å². The van der Waals surface area contributed by atoms with Crippen LogP contribution in [-0.2, 0) is 4.79 Å². The van der Waals surface area contributed by atoms with Crippen molar-refractivity contribution in [2.45, 2.75) is 26.7 Å². The Bertz CT molecular complexity index is 710. The summed E-state index contributed by atoms with van der Waals surface area (Å²) in [6.45, 7) is 5.75. The van der Waals surface area contributed by atoms with E-state index in [0.717, 1.165) is 5.56 Å². The molecule has 3 heteroatoms. The molecule has 2 rings (SSSR count). The molecular weight excluding hydrogens is 286 g/mol. The Morgan fingerprint density at radius 1 is 0.957 bits per heavy atom. The van der Waals surface area contributed by atoms with Gasteiger partial charge in [0.1, 0.15) is 0 Å². The Hall–Kier alpha value is -2.68. The molecule has 0 atom stereocenters. The van der Waals surface area contributed by atoms with Crippen LogP contribution in [0.15, 0.2) is 54.6 Å². The molecule has 1 N–H and O–H groups in total. The van der Waals surface area contributed by atoms with Gasteiger partial charge in [0, 0.05) is 18.2 Å². The molecule has 0 radical (unpaired) electrons. The van der Waals surface area contributed by atoms with Gasteiger partial charge in [-0.2, -0.15) is 0 Å². The molecule has 2 aromatic carbocycles. The summed E-state index contributed by atoms with van der Waals surface area (Å²) in [5.41, 5.74) is 3.55. The standard InChI is InChI=1S/C20H21NO2/c1-14(2)17-7-4-16(5-8-17)6-13-20(23)18-9-11-19(12-10-18)21-15(3)22/h4-14H,1-3H3,(H,21,22). The van der Waals surface area contributed by atoms with E-state index in [-0.39, 0.29) is 11.7 Å². The topological polar surface area (TPSA) is 46.2 Å². The molecule has 0 saturated carbocycles. The molecule has 0 saturated heterocycles. The second kappa shape index (κ2) is 7.54. The van der Waals surface area contributed by atoms with Crippen LogP contribution in [0.5, 0.6) is 0 Å². The number of carbonyl (C=O) groups excluding carboxylic acids is 2. The van der Waals surface area contributed by atoms with Crippen molar-refractivity contribution in [3.63, 3.8) is 0 Å². The summed E-state index contributed by atoms with van der Waals surface area (Å²) < 4.78 is 0. The first kappa shape index (κ1) is 16.7. The minimum atomic E-state index is -0.131. The van der Waals surface area contributed by atoms with Crippen LogP contribution < -0.4 is 5.32 Å². The van der Waals surface area contributed by atoms with E-state index < -0.39 is 0 Å². The van der Waals surface area contributed by atoms with Gasteiger partial charge in [-0.15, -0.1) is 0 Å². The number of hydrogen-bond donors (Lipinski definition) is 1. The summed E-state index contributed by atoms with van der Waals surface area (Å²) in [6.07, 6.45) is 3.38. The summed E-state index contributed by atoms with van der Waals surface area (Å²) in [5, 5.41) is 2.67. The van der Waals surface area contributed by atoms with E-state index in [1.165, 1.54) is 12.5 Å². The molecule has 0 spiro atoms. The number of amides is 1. The fraction of sp³-hybridized carbons (Fsp3) is 0.200. The zero-order valence-electron chi connectivity index (χ0n) is 13.7. The maximum atomic E-state index is 12.2. The monoisotopic (exact) mass is 307 g/mol. The lowest BCUT2D eigenvalue weighted by atomic mass is 10.0. The quantitative estimate of drug-likeness (QED) is 0.645. The molecule has 23 heavy (non-hydrogen) atoms. The lowest BCUT2D eigenvalue weighted by Gasteiger charge is -2.04. The SMILES string of the molecule is CC(=O)Nc1ccc(C(=O)C=Cc2ccc(C(C)C)cc2)cc1. The number of anilines is 1. The average molecular weight is 307 g/mol. The highest BCUT2D eigenvalue weighted by Crippen LogP contribution is 2.16. The van der Waals surface area contributed by atoms with Crippen molar-refractivity contribution in [2.75, 3.05) is 5.32 Å². The van der Waals surface area contributed by atoms with Crippen LogP contribution in [0.2, 0.25) is 0 Å². The third-order valence-electron chi connectivity index (χ3n) is 3.52. The first-order valence-electron chi connectivity index (χ1n) is 7.66. The van der Waals surface area contributed by atoms with Gasteiger partial charge in [0.25, 0.3) is 0 Å². The van der Waals surface area contributed by atoms with Crippen LogP contribution in [0.1, 0.15) is 48.2 Å². The fourth-order valence-corrected chi connectivity index (χ4v) is 2.18. The molecule has 0 heterocycles. The van der Waals surface area contributed by atoms with Crippen molar-refractivity contribution in [1.82, 2.24) is 0 Å². The molecule has 0 aliphatic rings. The Morgan fingerprint density at radius 3 is 2.09 bits per heavy atom. The smallest absolute Gasteiger partial charge is 0.221 e. The van der Waals surface area contributed by atoms with E-state index in [2.05, 4.69) is 31.3 Å². The normalized spacial score (nSPS) is 11.0. The van der Waals surface area contributed by atoms with Gasteiger partial charge in [0.15, 0.2) is 5.78 Å². The average Bonchev–Trinajstić information content (AvgIpc) is 2.53. The fourth-order valence-electron chi connectivity index (χ4n) is 2.18. The predicted octanol–water partition coefficient (Wildman–Crippen LogP) is 4.66. The van der Waals surface area contributed by atoms with Crippen LogP contribution in [0, 0.1) is 0 Å². The van der Waals surface area contributed by atoms with Gasteiger partial charge in [0.05, 0.1) is 0 Å². The number of nitrogens with one attached hydrogen (secondary N) is 1. The largest absolute Gasteiger partial charge is 0.326 e. The van der Waals surface area contributed by atoms with Gasteiger partial charge < -0.3 is 5.32 Å². The van der Waals surface area contributed by atoms with Crippen LogP contribution >= 0.6 is 0 Å². The zero-order valence-corrected chi connectivity index (χ0v) is 13.7. The molecule has 0 aliphatic carbocycles. The van der Waals surface area contributed by atoms with Crippen molar-refractivity contribution >= 4 is 23.5 Å². The lowest BCUT2D eigenvalue weighted by molar-refractivity contribution is -0.114. The number of hydrogen-bond acceptors (Lipinski definition) is 2. The number of benzene rings is 2. The summed E-state index contributed by atoms with van der Waals surface area (Å²) in [4.78, 5) is 23.1. The van der Waals surface area contributed by atoms with E-state index in [0.29, 0.717) is 17.2 Å². The maximum Gasteiger partial charge on any atom is 0.221 e. The molecule has 0 aromatic heterocycles. The van der Waals surface area contributed by atoms with E-state index in [4.69, 9.17) is 0 Å². The second-order valence-corrected chi connectivity index (χ2v) is 5.78. The summed E-state index contributed by atoms with van der Waals surface area (Å²) in [5.74, 6) is 0.304. The number of allylic oxidation sites excluding steroid dienone is 1. The number of ketones is 1. The Kier molecular flexibility index (Phi) is 5.47. The molecule has 0 unspecified atom stereocenters. The maximum absolute atomic E-state index is 12.2. The zero-order chi connectivity index (χ0) is 16.8. The summed E-state index contributed by atoms with van der Waals surface area (Å²) >= 11 is 0. The van der Waals surface area contributed by atoms with E-state index in [1.807, 2.05) is 18.2 Å². The number of rotatable bonds is 5.